The number of aryl methyl sites for hydroxylation is 2. The number of hydrogen-bond acceptors (Lipinski definition) is 3. The smallest absolute Gasteiger partial charge is 0.143 e. The van der Waals surface area contributed by atoms with Gasteiger partial charge in [0.1, 0.15) is 16.7 Å². The SMILES string of the molecule is Cc1cccc(Sc2nc(C)[nH]c2N)c1. The topological polar surface area (TPSA) is 54.7 Å². The molecule has 2 aromatic rings. The minimum absolute atomic E-state index is 0.638. The average molecular weight is 219 g/mol. The quantitative estimate of drug-likeness (QED) is 0.816. The summed E-state index contributed by atoms with van der Waals surface area (Å²) in [5.74, 6) is 1.49. The second-order valence-electron chi connectivity index (χ2n) is 3.46. The van der Waals surface area contributed by atoms with Crippen LogP contribution in [-0.4, -0.2) is 9.97 Å². The van der Waals surface area contributed by atoms with Crippen LogP contribution in [0.4, 0.5) is 5.82 Å². The van der Waals surface area contributed by atoms with E-state index in [1.165, 1.54) is 5.56 Å². The normalized spacial score (nSPS) is 10.5. The minimum atomic E-state index is 0.638. The van der Waals surface area contributed by atoms with Crippen LogP contribution in [0.5, 0.6) is 0 Å². The predicted molar refractivity (Wildman–Crippen MR) is 63.0 cm³/mol. The van der Waals surface area contributed by atoms with Crippen molar-refractivity contribution >= 4 is 17.6 Å². The van der Waals surface area contributed by atoms with Gasteiger partial charge in [-0.1, -0.05) is 29.5 Å². The highest BCUT2D eigenvalue weighted by Crippen LogP contribution is 2.30. The first-order valence-electron chi connectivity index (χ1n) is 4.72. The number of aromatic nitrogens is 2. The molecule has 78 valence electrons. The van der Waals surface area contributed by atoms with Gasteiger partial charge in [-0.15, -0.1) is 0 Å². The maximum absolute atomic E-state index is 5.79. The number of imidazole rings is 1. The molecule has 15 heavy (non-hydrogen) atoms. The van der Waals surface area contributed by atoms with Crippen molar-refractivity contribution in [3.8, 4) is 0 Å². The van der Waals surface area contributed by atoms with Gasteiger partial charge < -0.3 is 10.7 Å². The van der Waals surface area contributed by atoms with Crippen LogP contribution in [-0.2, 0) is 0 Å². The number of nitrogens with two attached hydrogens (primary N) is 1. The second kappa shape index (κ2) is 3.98. The van der Waals surface area contributed by atoms with Gasteiger partial charge >= 0.3 is 0 Å². The lowest BCUT2D eigenvalue weighted by Crippen LogP contribution is -1.86. The summed E-state index contributed by atoms with van der Waals surface area (Å²) < 4.78 is 0. The molecule has 1 aromatic heterocycles. The molecule has 4 heteroatoms. The van der Waals surface area contributed by atoms with Crippen LogP contribution in [0.2, 0.25) is 0 Å². The van der Waals surface area contributed by atoms with E-state index in [1.54, 1.807) is 11.8 Å². The van der Waals surface area contributed by atoms with Crippen molar-refractivity contribution in [3.63, 3.8) is 0 Å². The summed E-state index contributed by atoms with van der Waals surface area (Å²) in [7, 11) is 0. The molecule has 0 atom stereocenters. The zero-order chi connectivity index (χ0) is 10.8. The van der Waals surface area contributed by atoms with Crippen molar-refractivity contribution in [1.29, 1.82) is 0 Å². The van der Waals surface area contributed by atoms with Crippen molar-refractivity contribution < 1.29 is 0 Å². The number of nitrogen functional groups attached to an aromatic ring is 1. The number of hydrogen-bond donors (Lipinski definition) is 2. The van der Waals surface area contributed by atoms with E-state index < -0.39 is 0 Å². The van der Waals surface area contributed by atoms with Gasteiger partial charge in [-0.2, -0.15) is 0 Å². The first kappa shape index (κ1) is 10.1. The molecule has 3 nitrogen and oxygen atoms in total. The lowest BCUT2D eigenvalue weighted by atomic mass is 10.2. The van der Waals surface area contributed by atoms with Crippen molar-refractivity contribution in [2.24, 2.45) is 0 Å². The Hall–Kier alpha value is -1.42. The Morgan fingerprint density at radius 3 is 2.73 bits per heavy atom. The van der Waals surface area contributed by atoms with E-state index in [4.69, 9.17) is 5.73 Å². The van der Waals surface area contributed by atoms with Crippen LogP contribution in [0.15, 0.2) is 34.2 Å². The van der Waals surface area contributed by atoms with Gasteiger partial charge in [-0.3, -0.25) is 0 Å². The molecule has 0 saturated heterocycles. The molecule has 0 saturated carbocycles. The monoisotopic (exact) mass is 219 g/mol. The molecule has 0 unspecified atom stereocenters. The van der Waals surface area contributed by atoms with Gasteiger partial charge in [0.05, 0.1) is 0 Å². The summed E-state index contributed by atoms with van der Waals surface area (Å²) in [4.78, 5) is 8.47. The van der Waals surface area contributed by atoms with E-state index in [2.05, 4.69) is 35.1 Å². The van der Waals surface area contributed by atoms with Crippen molar-refractivity contribution in [2.45, 2.75) is 23.8 Å². The van der Waals surface area contributed by atoms with E-state index >= 15 is 0 Å². The molecule has 2 rings (SSSR count). The fourth-order valence-corrected chi connectivity index (χ4v) is 2.32. The molecule has 0 aliphatic heterocycles. The standard InChI is InChI=1S/C11H13N3S/c1-7-4-3-5-9(6-7)15-11-10(12)13-8(2)14-11/h3-6H,12H2,1-2H3,(H,13,14). The number of nitrogens with zero attached hydrogens (tertiary/aromatic N) is 1. The Labute approximate surface area is 93.1 Å². The Bertz CT molecular complexity index is 476. The van der Waals surface area contributed by atoms with Crippen LogP contribution in [0.1, 0.15) is 11.4 Å². The molecule has 0 bridgehead atoms. The molecule has 0 spiro atoms. The summed E-state index contributed by atoms with van der Waals surface area (Å²) in [5, 5.41) is 0.845. The molecule has 1 heterocycles. The number of anilines is 1. The highest BCUT2D eigenvalue weighted by Gasteiger charge is 2.06. The number of rotatable bonds is 2. The van der Waals surface area contributed by atoms with E-state index in [1.807, 2.05) is 13.0 Å². The number of nitrogens with one attached hydrogen (secondary N) is 1. The Balaban J connectivity index is 2.25. The summed E-state index contributed by atoms with van der Waals surface area (Å²) >= 11 is 1.58. The molecule has 0 fully saturated rings. The van der Waals surface area contributed by atoms with Crippen LogP contribution >= 0.6 is 11.8 Å². The molecule has 1 aromatic carbocycles. The maximum Gasteiger partial charge on any atom is 0.143 e. The third-order valence-corrected chi connectivity index (χ3v) is 3.01. The van der Waals surface area contributed by atoms with E-state index in [0.29, 0.717) is 5.82 Å². The Kier molecular flexibility index (Phi) is 2.68. The summed E-state index contributed by atoms with van der Waals surface area (Å²) in [6, 6.07) is 8.28. The van der Waals surface area contributed by atoms with Gasteiger partial charge in [0.25, 0.3) is 0 Å². The lowest BCUT2D eigenvalue weighted by molar-refractivity contribution is 1.10. The molecule has 0 aliphatic carbocycles. The Morgan fingerprint density at radius 1 is 1.33 bits per heavy atom. The fourth-order valence-electron chi connectivity index (χ4n) is 1.36. The Morgan fingerprint density at radius 2 is 2.13 bits per heavy atom. The largest absolute Gasteiger partial charge is 0.383 e. The summed E-state index contributed by atoms with van der Waals surface area (Å²) in [6.45, 7) is 3.97. The van der Waals surface area contributed by atoms with Crippen molar-refractivity contribution in [1.82, 2.24) is 9.97 Å². The molecular formula is C11H13N3S. The molecule has 0 aliphatic rings. The second-order valence-corrected chi connectivity index (χ2v) is 4.52. The van der Waals surface area contributed by atoms with E-state index in [0.717, 1.165) is 15.7 Å². The average Bonchev–Trinajstić information content (AvgIpc) is 2.45. The van der Waals surface area contributed by atoms with E-state index in [9.17, 15) is 0 Å². The van der Waals surface area contributed by atoms with Crippen molar-refractivity contribution in [2.75, 3.05) is 5.73 Å². The minimum Gasteiger partial charge on any atom is -0.383 e. The predicted octanol–water partition coefficient (Wildman–Crippen LogP) is 2.76. The van der Waals surface area contributed by atoms with Gasteiger partial charge in [-0.25, -0.2) is 4.98 Å². The van der Waals surface area contributed by atoms with Gasteiger partial charge in [0, 0.05) is 4.90 Å². The number of benzene rings is 1. The molecular weight excluding hydrogens is 206 g/mol. The third kappa shape index (κ3) is 2.33. The highest BCUT2D eigenvalue weighted by molar-refractivity contribution is 7.99. The zero-order valence-corrected chi connectivity index (χ0v) is 9.56. The zero-order valence-electron chi connectivity index (χ0n) is 8.74. The van der Waals surface area contributed by atoms with Gasteiger partial charge in [0.2, 0.25) is 0 Å². The van der Waals surface area contributed by atoms with Gasteiger partial charge in [0.15, 0.2) is 0 Å². The van der Waals surface area contributed by atoms with E-state index in [-0.39, 0.29) is 0 Å². The molecule has 0 amide bonds. The van der Waals surface area contributed by atoms with Gasteiger partial charge in [-0.05, 0) is 26.0 Å². The lowest BCUT2D eigenvalue weighted by Gasteiger charge is -1.99. The maximum atomic E-state index is 5.79. The fraction of sp³-hybridized carbons (Fsp3) is 0.182. The first-order valence-corrected chi connectivity index (χ1v) is 5.53. The molecule has 0 radical (unpaired) electrons. The van der Waals surface area contributed by atoms with Crippen LogP contribution in [0.3, 0.4) is 0 Å². The first-order chi connectivity index (χ1) is 7.15. The highest BCUT2D eigenvalue weighted by atomic mass is 32.2. The summed E-state index contributed by atoms with van der Waals surface area (Å²) in [6.07, 6.45) is 0. The summed E-state index contributed by atoms with van der Waals surface area (Å²) in [5.41, 5.74) is 7.03. The third-order valence-electron chi connectivity index (χ3n) is 2.02. The number of aromatic amines is 1. The number of H-pyrrole nitrogens is 1. The van der Waals surface area contributed by atoms with Crippen LogP contribution in [0.25, 0.3) is 0 Å². The van der Waals surface area contributed by atoms with Crippen LogP contribution in [0, 0.1) is 13.8 Å². The van der Waals surface area contributed by atoms with Crippen molar-refractivity contribution in [3.05, 3.63) is 35.7 Å². The van der Waals surface area contributed by atoms with Crippen LogP contribution < -0.4 is 5.73 Å². The molecule has 3 N–H and O–H groups in total.